The van der Waals surface area contributed by atoms with Gasteiger partial charge in [-0.25, -0.2) is 0 Å². The highest BCUT2D eigenvalue weighted by Crippen LogP contribution is 2.51. The molecule has 3 aliphatic carbocycles. The lowest BCUT2D eigenvalue weighted by atomic mass is 9.77. The van der Waals surface area contributed by atoms with Gasteiger partial charge in [-0.05, 0) is 154 Å². The summed E-state index contributed by atoms with van der Waals surface area (Å²) >= 11 is 0. The zero-order chi connectivity index (χ0) is 46.2. The van der Waals surface area contributed by atoms with Crippen molar-refractivity contribution in [2.24, 2.45) is 11.3 Å². The fourth-order valence-electron chi connectivity index (χ4n) is 12.1. The molecule has 69 heavy (non-hydrogen) atoms. The smallest absolute Gasteiger partial charge is 0.0618 e. The quantitative estimate of drug-likeness (QED) is 0.150. The average molecular weight is 886 g/mol. The summed E-state index contributed by atoms with van der Waals surface area (Å²) in [6.45, 7) is 7.11. The largest absolute Gasteiger partial charge is 0.310 e. The maximum Gasteiger partial charge on any atom is 0.0618 e. The van der Waals surface area contributed by atoms with Crippen molar-refractivity contribution < 1.29 is 0 Å². The molecule has 2 unspecified atom stereocenters. The van der Waals surface area contributed by atoms with E-state index in [0.29, 0.717) is 5.92 Å². The molecule has 1 heteroatoms. The van der Waals surface area contributed by atoms with Gasteiger partial charge >= 0.3 is 0 Å². The van der Waals surface area contributed by atoms with Gasteiger partial charge in [-0.2, -0.15) is 0 Å². The highest BCUT2D eigenvalue weighted by molar-refractivity contribution is 6.23. The van der Waals surface area contributed by atoms with Crippen LogP contribution >= 0.6 is 0 Å². The second-order valence-corrected chi connectivity index (χ2v) is 20.7. The molecular weight excluding hydrogens is 831 g/mol. The lowest BCUT2D eigenvalue weighted by molar-refractivity contribution is 0.293. The molecule has 1 nitrogen and oxygen atoms in total. The number of hydrogen-bond donors (Lipinski definition) is 0. The van der Waals surface area contributed by atoms with E-state index < -0.39 is 0 Å². The maximum atomic E-state index is 2.61. The van der Waals surface area contributed by atoms with E-state index >= 15 is 0 Å². The van der Waals surface area contributed by atoms with E-state index in [1.54, 1.807) is 0 Å². The van der Waals surface area contributed by atoms with Gasteiger partial charge in [-0.1, -0.05) is 215 Å². The maximum absolute atomic E-state index is 2.61. The first kappa shape index (κ1) is 41.4. The molecule has 0 saturated heterocycles. The van der Waals surface area contributed by atoms with E-state index in [4.69, 9.17) is 0 Å². The standard InChI is InChI=1S/C68H55N/c1-68(2,3)53-34-36-54(37-35-53)69(67-61-26-14-12-24-58(61)65(59-25-13-15-27-62(59)67)51-32-29-45-17-5-8-20-48(45)41-51)55-38-39-60-63(43-55)66(52-33-30-46-18-6-9-21-49(46)42-52)57-23-11-10-22-56(57)64(60)50-31-28-44-16-4-7-19-47(44)40-50/h4-7,9-19,21-34,36-39,41-43,50,53H,8,20,35,40H2,1-3H3. The number of benzene rings is 10. The molecular formula is C68H55N. The lowest BCUT2D eigenvalue weighted by Crippen LogP contribution is -2.23. The number of nitrogens with zero attached hydrogens (tertiary/aromatic N) is 1. The third-order valence-corrected chi connectivity index (χ3v) is 15.6. The van der Waals surface area contributed by atoms with Crippen molar-refractivity contribution in [1.29, 1.82) is 0 Å². The summed E-state index contributed by atoms with van der Waals surface area (Å²) in [5.74, 6) is 0.662. The number of aryl methyl sites for hydroxylation is 1. The SMILES string of the molecule is CC(C)(C)C1C=CC(N(c2ccc3c(C4C=Cc5ccccc5C4)c4ccccc4c(-c4ccc5ccccc5c4)c3c2)c2c3ccccc3c(-c3ccc4c(c3)CCC=C4)c3ccccc23)=CC1. The number of allylic oxidation sites excluding steroid dienone is 5. The van der Waals surface area contributed by atoms with Crippen LogP contribution in [0.25, 0.3) is 88.3 Å². The first-order valence-electron chi connectivity index (χ1n) is 25.0. The second kappa shape index (κ2) is 16.5. The molecule has 0 spiro atoms. The fraction of sp³-hybridized carbons (Fsp3) is 0.147. The predicted octanol–water partition coefficient (Wildman–Crippen LogP) is 18.7. The monoisotopic (exact) mass is 885 g/mol. The molecule has 0 saturated carbocycles. The van der Waals surface area contributed by atoms with Gasteiger partial charge in [0.2, 0.25) is 0 Å². The second-order valence-electron chi connectivity index (χ2n) is 20.7. The fourth-order valence-corrected chi connectivity index (χ4v) is 12.1. The molecule has 2 atom stereocenters. The highest BCUT2D eigenvalue weighted by atomic mass is 15.2. The first-order chi connectivity index (χ1) is 33.9. The molecule has 0 aliphatic heterocycles. The molecule has 0 radical (unpaired) electrons. The topological polar surface area (TPSA) is 3.24 Å². The summed E-state index contributed by atoms with van der Waals surface area (Å²) in [6.07, 6.45) is 20.9. The first-order valence-corrected chi connectivity index (χ1v) is 25.0. The van der Waals surface area contributed by atoms with Crippen molar-refractivity contribution in [2.45, 2.75) is 52.4 Å². The Morgan fingerprint density at radius 2 is 1.10 bits per heavy atom. The van der Waals surface area contributed by atoms with Crippen LogP contribution in [0.1, 0.15) is 67.3 Å². The molecule has 0 fully saturated rings. The number of anilines is 2. The van der Waals surface area contributed by atoms with Crippen LogP contribution in [-0.4, -0.2) is 0 Å². The van der Waals surface area contributed by atoms with Gasteiger partial charge in [0.05, 0.1) is 5.69 Å². The molecule has 13 rings (SSSR count). The summed E-state index contributed by atoms with van der Waals surface area (Å²) in [7, 11) is 0. The van der Waals surface area contributed by atoms with Gasteiger partial charge in [0, 0.05) is 28.1 Å². The Morgan fingerprint density at radius 3 is 1.86 bits per heavy atom. The normalized spacial score (nSPS) is 16.6. The molecule has 0 N–H and O–H groups in total. The minimum Gasteiger partial charge on any atom is -0.310 e. The van der Waals surface area contributed by atoms with Crippen LogP contribution in [0.5, 0.6) is 0 Å². The molecule has 0 amide bonds. The number of hydrogen-bond acceptors (Lipinski definition) is 1. The van der Waals surface area contributed by atoms with Gasteiger partial charge in [0.15, 0.2) is 0 Å². The van der Waals surface area contributed by atoms with Gasteiger partial charge in [0.1, 0.15) is 0 Å². The van der Waals surface area contributed by atoms with E-state index in [1.807, 2.05) is 0 Å². The Labute approximate surface area is 406 Å². The van der Waals surface area contributed by atoms with Crippen LogP contribution in [0.2, 0.25) is 0 Å². The van der Waals surface area contributed by atoms with E-state index in [1.165, 1.54) is 115 Å². The average Bonchev–Trinajstić information content (AvgIpc) is 3.39. The zero-order valence-corrected chi connectivity index (χ0v) is 39.7. The van der Waals surface area contributed by atoms with Crippen molar-refractivity contribution in [3.63, 3.8) is 0 Å². The van der Waals surface area contributed by atoms with Crippen molar-refractivity contribution in [3.05, 3.63) is 240 Å². The van der Waals surface area contributed by atoms with Gasteiger partial charge in [0.25, 0.3) is 0 Å². The highest BCUT2D eigenvalue weighted by Gasteiger charge is 2.29. The van der Waals surface area contributed by atoms with Crippen LogP contribution in [0, 0.1) is 11.3 Å². The van der Waals surface area contributed by atoms with Gasteiger partial charge in [-0.3, -0.25) is 0 Å². The van der Waals surface area contributed by atoms with Crippen molar-refractivity contribution in [2.75, 3.05) is 4.90 Å². The zero-order valence-electron chi connectivity index (χ0n) is 39.7. The third kappa shape index (κ3) is 7.06. The van der Waals surface area contributed by atoms with E-state index in [0.717, 1.165) is 31.4 Å². The van der Waals surface area contributed by atoms with Gasteiger partial charge < -0.3 is 4.90 Å². The Bertz CT molecular complexity index is 3790. The summed E-state index contributed by atoms with van der Waals surface area (Å²) in [5.41, 5.74) is 15.7. The molecule has 10 aromatic rings. The van der Waals surface area contributed by atoms with Crippen molar-refractivity contribution in [3.8, 4) is 22.3 Å². The molecule has 0 heterocycles. The Kier molecular flexibility index (Phi) is 9.91. The van der Waals surface area contributed by atoms with E-state index in [9.17, 15) is 0 Å². The minimum atomic E-state index is 0.151. The van der Waals surface area contributed by atoms with Crippen molar-refractivity contribution >= 4 is 77.4 Å². The Balaban J connectivity index is 1.11. The summed E-state index contributed by atoms with van der Waals surface area (Å²) in [4.78, 5) is 2.61. The summed E-state index contributed by atoms with van der Waals surface area (Å²) < 4.78 is 0. The summed E-state index contributed by atoms with van der Waals surface area (Å²) in [5, 5.41) is 12.7. The molecule has 0 aromatic heterocycles. The molecule has 0 bridgehead atoms. The molecule has 332 valence electrons. The van der Waals surface area contributed by atoms with Crippen molar-refractivity contribution in [1.82, 2.24) is 0 Å². The Morgan fingerprint density at radius 1 is 0.478 bits per heavy atom. The van der Waals surface area contributed by atoms with E-state index in [2.05, 4.69) is 244 Å². The predicted molar refractivity (Wildman–Crippen MR) is 297 cm³/mol. The van der Waals surface area contributed by atoms with Crippen LogP contribution in [0.15, 0.2) is 212 Å². The van der Waals surface area contributed by atoms with Crippen LogP contribution in [-0.2, 0) is 12.8 Å². The Hall–Kier alpha value is -7.74. The number of fused-ring (bicyclic) bond motifs is 7. The number of rotatable bonds is 6. The van der Waals surface area contributed by atoms with Gasteiger partial charge in [-0.15, -0.1) is 0 Å². The van der Waals surface area contributed by atoms with Crippen LogP contribution in [0.4, 0.5) is 11.4 Å². The van der Waals surface area contributed by atoms with Crippen LogP contribution in [0.3, 0.4) is 0 Å². The molecule has 10 aromatic carbocycles. The minimum absolute atomic E-state index is 0.151. The van der Waals surface area contributed by atoms with E-state index in [-0.39, 0.29) is 11.3 Å². The lowest BCUT2D eigenvalue weighted by Gasteiger charge is -2.35. The van der Waals surface area contributed by atoms with Crippen LogP contribution < -0.4 is 4.90 Å². The summed E-state index contributed by atoms with van der Waals surface area (Å²) in [6, 6.07) is 66.8. The molecule has 3 aliphatic rings. The third-order valence-electron chi connectivity index (χ3n) is 15.6.